The van der Waals surface area contributed by atoms with Crippen LogP contribution in [0.3, 0.4) is 0 Å². The van der Waals surface area contributed by atoms with Crippen molar-refractivity contribution in [1.29, 1.82) is 0 Å². The lowest BCUT2D eigenvalue weighted by atomic mass is 10.1. The van der Waals surface area contributed by atoms with Crippen LogP contribution in [0.5, 0.6) is 0 Å². The van der Waals surface area contributed by atoms with E-state index in [1.807, 2.05) is 38.1 Å². The van der Waals surface area contributed by atoms with E-state index in [-0.39, 0.29) is 17.3 Å². The quantitative estimate of drug-likeness (QED) is 0.534. The van der Waals surface area contributed by atoms with Gasteiger partial charge in [-0.15, -0.1) is 0 Å². The molecule has 1 aromatic heterocycles. The summed E-state index contributed by atoms with van der Waals surface area (Å²) in [5.41, 5.74) is 2.84. The first kappa shape index (κ1) is 21.2. The molecule has 2 aromatic carbocycles. The average Bonchev–Trinajstić information content (AvgIpc) is 3.10. The molecule has 0 unspecified atom stereocenters. The largest absolute Gasteiger partial charge is 0.360 e. The topological polar surface area (TPSA) is 91.4 Å². The summed E-state index contributed by atoms with van der Waals surface area (Å²) in [5.74, 6) is -0.356. The Bertz CT molecular complexity index is 1090. The number of hydrogen-bond acceptors (Lipinski definition) is 6. The number of nitrogens with one attached hydrogen (secondary N) is 2. The number of fused-ring (bicyclic) bond motifs is 1. The van der Waals surface area contributed by atoms with Gasteiger partial charge in [0, 0.05) is 20.1 Å². The van der Waals surface area contributed by atoms with E-state index in [1.54, 1.807) is 29.5 Å². The third kappa shape index (κ3) is 5.11. The Hall–Kier alpha value is -2.49. The SMILES string of the molecule is Cc1ccc(S(=O)(=O)N(C)CC(=O)NCCNc2nc3ccccc3s2)cc1C. The number of sulfonamides is 1. The molecule has 1 heterocycles. The second-order valence-electron chi connectivity index (χ2n) is 6.77. The number of aryl methyl sites for hydroxylation is 2. The van der Waals surface area contributed by atoms with Crippen LogP contribution in [0.15, 0.2) is 47.4 Å². The highest BCUT2D eigenvalue weighted by Gasteiger charge is 2.23. The van der Waals surface area contributed by atoms with E-state index in [4.69, 9.17) is 0 Å². The van der Waals surface area contributed by atoms with Gasteiger partial charge in [0.15, 0.2) is 5.13 Å². The summed E-state index contributed by atoms with van der Waals surface area (Å²) >= 11 is 1.55. The van der Waals surface area contributed by atoms with Crippen LogP contribution in [0.2, 0.25) is 0 Å². The zero-order valence-corrected chi connectivity index (χ0v) is 18.2. The Balaban J connectivity index is 1.48. The fourth-order valence-corrected chi connectivity index (χ4v) is 4.82. The van der Waals surface area contributed by atoms with Crippen molar-refractivity contribution in [2.75, 3.05) is 32.0 Å². The number of para-hydroxylation sites is 1. The van der Waals surface area contributed by atoms with Gasteiger partial charge < -0.3 is 10.6 Å². The van der Waals surface area contributed by atoms with Crippen LogP contribution >= 0.6 is 11.3 Å². The summed E-state index contributed by atoms with van der Waals surface area (Å²) in [7, 11) is -2.31. The highest BCUT2D eigenvalue weighted by atomic mass is 32.2. The molecule has 2 N–H and O–H groups in total. The number of likely N-dealkylation sites (N-methyl/N-ethyl adjacent to an activating group) is 1. The Morgan fingerprint density at radius 3 is 2.59 bits per heavy atom. The molecule has 154 valence electrons. The van der Waals surface area contributed by atoms with Crippen molar-refractivity contribution < 1.29 is 13.2 Å². The molecular weight excluding hydrogens is 408 g/mol. The van der Waals surface area contributed by atoms with Crippen LogP contribution in [0.1, 0.15) is 11.1 Å². The maximum Gasteiger partial charge on any atom is 0.243 e. The Morgan fingerprint density at radius 1 is 1.10 bits per heavy atom. The summed E-state index contributed by atoms with van der Waals surface area (Å²) in [5, 5.41) is 6.69. The van der Waals surface area contributed by atoms with Gasteiger partial charge in [0.1, 0.15) is 0 Å². The van der Waals surface area contributed by atoms with Crippen molar-refractivity contribution in [3.05, 3.63) is 53.6 Å². The van der Waals surface area contributed by atoms with Gasteiger partial charge in [-0.2, -0.15) is 4.31 Å². The van der Waals surface area contributed by atoms with Crippen LogP contribution < -0.4 is 10.6 Å². The predicted molar refractivity (Wildman–Crippen MR) is 117 cm³/mol. The number of aromatic nitrogens is 1. The first-order chi connectivity index (χ1) is 13.8. The molecule has 1 amide bonds. The highest BCUT2D eigenvalue weighted by molar-refractivity contribution is 7.89. The smallest absolute Gasteiger partial charge is 0.243 e. The Kier molecular flexibility index (Phi) is 6.51. The van der Waals surface area contributed by atoms with E-state index in [2.05, 4.69) is 15.6 Å². The third-order valence-corrected chi connectivity index (χ3v) is 7.36. The fourth-order valence-electron chi connectivity index (χ4n) is 2.72. The minimum absolute atomic E-state index is 0.188. The molecule has 0 aliphatic carbocycles. The molecule has 0 atom stereocenters. The lowest BCUT2D eigenvalue weighted by molar-refractivity contribution is -0.121. The number of amides is 1. The van der Waals surface area contributed by atoms with Crippen molar-refractivity contribution in [3.8, 4) is 0 Å². The molecule has 3 aromatic rings. The number of carbonyl (C=O) groups excluding carboxylic acids is 1. The predicted octanol–water partition coefficient (Wildman–Crippen LogP) is 2.76. The average molecular weight is 433 g/mol. The van der Waals surface area contributed by atoms with Crippen LogP contribution in [-0.4, -0.2) is 50.3 Å². The second-order valence-corrected chi connectivity index (χ2v) is 9.85. The van der Waals surface area contributed by atoms with E-state index in [0.717, 1.165) is 30.8 Å². The zero-order chi connectivity index (χ0) is 21.0. The minimum atomic E-state index is -3.71. The van der Waals surface area contributed by atoms with E-state index in [0.29, 0.717) is 13.1 Å². The summed E-state index contributed by atoms with van der Waals surface area (Å²) in [6, 6.07) is 12.8. The number of anilines is 1. The lowest BCUT2D eigenvalue weighted by Gasteiger charge is -2.17. The molecule has 0 saturated carbocycles. The summed E-state index contributed by atoms with van der Waals surface area (Å²) in [6.45, 7) is 4.41. The first-order valence-corrected chi connectivity index (χ1v) is 11.4. The normalized spacial score (nSPS) is 11.7. The summed E-state index contributed by atoms with van der Waals surface area (Å²) < 4.78 is 27.5. The number of benzene rings is 2. The van der Waals surface area contributed by atoms with E-state index >= 15 is 0 Å². The molecule has 0 spiro atoms. The molecule has 0 bridgehead atoms. The van der Waals surface area contributed by atoms with Gasteiger partial charge in [-0.3, -0.25) is 4.79 Å². The second kappa shape index (κ2) is 8.89. The molecule has 7 nitrogen and oxygen atoms in total. The molecule has 0 saturated heterocycles. The van der Waals surface area contributed by atoms with Crippen LogP contribution in [0.25, 0.3) is 10.2 Å². The number of rotatable bonds is 8. The van der Waals surface area contributed by atoms with Gasteiger partial charge in [-0.1, -0.05) is 29.5 Å². The number of thiazole rings is 1. The Labute approximate surface area is 174 Å². The van der Waals surface area contributed by atoms with Crippen molar-refractivity contribution in [3.63, 3.8) is 0 Å². The third-order valence-electron chi connectivity index (χ3n) is 4.57. The molecule has 3 rings (SSSR count). The fraction of sp³-hybridized carbons (Fsp3) is 0.300. The molecule has 0 radical (unpaired) electrons. The van der Waals surface area contributed by atoms with Gasteiger partial charge in [0.05, 0.1) is 21.7 Å². The lowest BCUT2D eigenvalue weighted by Crippen LogP contribution is -2.39. The number of nitrogens with zero attached hydrogens (tertiary/aromatic N) is 2. The first-order valence-electron chi connectivity index (χ1n) is 9.17. The summed E-state index contributed by atoms with van der Waals surface area (Å²) in [6.07, 6.45) is 0. The van der Waals surface area contributed by atoms with Crippen LogP contribution in [0, 0.1) is 13.8 Å². The van der Waals surface area contributed by atoms with Gasteiger partial charge in [0.2, 0.25) is 15.9 Å². The Morgan fingerprint density at radius 2 is 1.86 bits per heavy atom. The van der Waals surface area contributed by atoms with Crippen molar-refractivity contribution in [1.82, 2.24) is 14.6 Å². The molecular formula is C20H24N4O3S2. The maximum absolute atomic E-state index is 12.7. The minimum Gasteiger partial charge on any atom is -0.360 e. The summed E-state index contributed by atoms with van der Waals surface area (Å²) in [4.78, 5) is 16.8. The van der Waals surface area contributed by atoms with Crippen molar-refractivity contribution >= 4 is 42.6 Å². The number of carbonyl (C=O) groups is 1. The zero-order valence-electron chi connectivity index (χ0n) is 16.6. The molecule has 0 aliphatic rings. The molecule has 9 heteroatoms. The van der Waals surface area contributed by atoms with E-state index in [1.165, 1.54) is 7.05 Å². The molecule has 0 aliphatic heterocycles. The van der Waals surface area contributed by atoms with E-state index in [9.17, 15) is 13.2 Å². The van der Waals surface area contributed by atoms with Gasteiger partial charge in [-0.05, 0) is 49.2 Å². The maximum atomic E-state index is 12.7. The number of hydrogen-bond donors (Lipinski definition) is 2. The monoisotopic (exact) mass is 432 g/mol. The van der Waals surface area contributed by atoms with E-state index < -0.39 is 10.0 Å². The van der Waals surface area contributed by atoms with Crippen LogP contribution in [-0.2, 0) is 14.8 Å². The van der Waals surface area contributed by atoms with Crippen molar-refractivity contribution in [2.45, 2.75) is 18.7 Å². The molecule has 29 heavy (non-hydrogen) atoms. The van der Waals surface area contributed by atoms with Gasteiger partial charge in [0.25, 0.3) is 0 Å². The van der Waals surface area contributed by atoms with Crippen molar-refractivity contribution in [2.24, 2.45) is 0 Å². The highest BCUT2D eigenvalue weighted by Crippen LogP contribution is 2.25. The molecule has 0 fully saturated rings. The standard InChI is InChI=1S/C20H24N4O3S2/c1-14-8-9-16(12-15(14)2)29(26,27)24(3)13-19(25)21-10-11-22-20-23-17-6-4-5-7-18(17)28-20/h4-9,12H,10-11,13H2,1-3H3,(H,21,25)(H,22,23). The van der Waals surface area contributed by atoms with Gasteiger partial charge >= 0.3 is 0 Å². The van der Waals surface area contributed by atoms with Crippen LogP contribution in [0.4, 0.5) is 5.13 Å². The van der Waals surface area contributed by atoms with Gasteiger partial charge in [-0.25, -0.2) is 13.4 Å².